The first-order valence-corrected chi connectivity index (χ1v) is 7.36. The van der Waals surface area contributed by atoms with Crippen LogP contribution in [0.5, 0.6) is 5.75 Å². The Morgan fingerprint density at radius 2 is 1.95 bits per heavy atom. The molecule has 2 aromatic rings. The Morgan fingerprint density at radius 1 is 1.18 bits per heavy atom. The second-order valence-corrected chi connectivity index (χ2v) is 5.00. The van der Waals surface area contributed by atoms with Gasteiger partial charge in [0.15, 0.2) is 6.61 Å². The van der Waals surface area contributed by atoms with Crippen molar-refractivity contribution in [1.82, 2.24) is 5.43 Å². The maximum absolute atomic E-state index is 11.8. The fourth-order valence-electron chi connectivity index (χ4n) is 1.84. The van der Waals surface area contributed by atoms with Crippen LogP contribution in [0.4, 0.5) is 0 Å². The van der Waals surface area contributed by atoms with Gasteiger partial charge in [0.2, 0.25) is 0 Å². The number of para-hydroxylation sites is 1. The van der Waals surface area contributed by atoms with Gasteiger partial charge in [-0.15, -0.1) is 0 Å². The largest absolute Gasteiger partial charge is 0.484 e. The molecule has 0 saturated heterocycles. The molecule has 22 heavy (non-hydrogen) atoms. The number of carbonyl (C=O) groups is 1. The smallest absolute Gasteiger partial charge is 0.277 e. The number of nitrogens with one attached hydrogen (secondary N) is 1. The third-order valence-corrected chi connectivity index (χ3v) is 3.16. The van der Waals surface area contributed by atoms with Crippen molar-refractivity contribution in [2.75, 3.05) is 6.61 Å². The molecule has 0 aliphatic heterocycles. The molecule has 0 bridgehead atoms. The quantitative estimate of drug-likeness (QED) is 0.653. The first-order valence-electron chi connectivity index (χ1n) is 6.98. The molecule has 5 heteroatoms. The molecule has 0 unspecified atom stereocenters. The van der Waals surface area contributed by atoms with E-state index in [1.807, 2.05) is 43.3 Å². The number of carbonyl (C=O) groups excluding carboxylic acids is 1. The lowest BCUT2D eigenvalue weighted by molar-refractivity contribution is -0.123. The average Bonchev–Trinajstić information content (AvgIpc) is 2.54. The molecule has 2 rings (SSSR count). The van der Waals surface area contributed by atoms with Crippen LogP contribution < -0.4 is 10.2 Å². The number of hydrogen-bond donors (Lipinski definition) is 1. The van der Waals surface area contributed by atoms with E-state index >= 15 is 0 Å². The van der Waals surface area contributed by atoms with Gasteiger partial charge in [0.1, 0.15) is 5.75 Å². The standard InChI is InChI=1S/C17H17ClN2O2/c1-2-16(13-7-6-8-14(18)11-13)19-20-17(21)12-22-15-9-4-3-5-10-15/h3-11H,2,12H2,1H3,(H,20,21)/b19-16-. The minimum Gasteiger partial charge on any atom is -0.484 e. The number of hydrogen-bond acceptors (Lipinski definition) is 3. The molecule has 114 valence electrons. The summed E-state index contributed by atoms with van der Waals surface area (Å²) in [5, 5.41) is 4.78. The SMILES string of the molecule is CC/C(=N/NC(=O)COc1ccccc1)c1cccc(Cl)c1. The van der Waals surface area contributed by atoms with Gasteiger partial charge in [0, 0.05) is 5.02 Å². The van der Waals surface area contributed by atoms with E-state index in [0.29, 0.717) is 17.2 Å². The molecule has 0 aliphatic carbocycles. The lowest BCUT2D eigenvalue weighted by atomic mass is 10.1. The summed E-state index contributed by atoms with van der Waals surface area (Å²) in [6.45, 7) is 1.88. The van der Waals surface area contributed by atoms with Crippen LogP contribution in [0.15, 0.2) is 59.7 Å². The van der Waals surface area contributed by atoms with E-state index in [2.05, 4.69) is 10.5 Å². The minimum absolute atomic E-state index is 0.0833. The Bertz CT molecular complexity index is 657. The second kappa shape index (κ2) is 8.20. The van der Waals surface area contributed by atoms with Gasteiger partial charge < -0.3 is 4.74 Å². The van der Waals surface area contributed by atoms with Crippen LogP contribution in [-0.4, -0.2) is 18.2 Å². The van der Waals surface area contributed by atoms with E-state index in [0.717, 1.165) is 11.3 Å². The Hall–Kier alpha value is -2.33. The van der Waals surface area contributed by atoms with E-state index in [1.165, 1.54) is 0 Å². The summed E-state index contributed by atoms with van der Waals surface area (Å²) in [6, 6.07) is 16.5. The van der Waals surface area contributed by atoms with Gasteiger partial charge in [0.25, 0.3) is 5.91 Å². The number of benzene rings is 2. The van der Waals surface area contributed by atoms with Crippen LogP contribution >= 0.6 is 11.6 Å². The van der Waals surface area contributed by atoms with Gasteiger partial charge in [-0.1, -0.05) is 48.9 Å². The number of hydrazone groups is 1. The fraction of sp³-hybridized carbons (Fsp3) is 0.176. The summed E-state index contributed by atoms with van der Waals surface area (Å²) in [6.07, 6.45) is 0.681. The molecule has 0 aliphatic rings. The fourth-order valence-corrected chi connectivity index (χ4v) is 2.03. The van der Waals surface area contributed by atoms with Crippen molar-refractivity contribution in [3.05, 3.63) is 65.2 Å². The zero-order chi connectivity index (χ0) is 15.8. The van der Waals surface area contributed by atoms with E-state index in [4.69, 9.17) is 16.3 Å². The van der Waals surface area contributed by atoms with Crippen molar-refractivity contribution in [2.45, 2.75) is 13.3 Å². The number of amides is 1. The summed E-state index contributed by atoms with van der Waals surface area (Å²) in [5.74, 6) is 0.337. The average molecular weight is 317 g/mol. The molecule has 0 spiro atoms. The molecule has 0 aromatic heterocycles. The molecule has 2 aromatic carbocycles. The summed E-state index contributed by atoms with van der Waals surface area (Å²) in [7, 11) is 0. The number of nitrogens with zero attached hydrogens (tertiary/aromatic N) is 1. The topological polar surface area (TPSA) is 50.7 Å². The second-order valence-electron chi connectivity index (χ2n) is 4.56. The molecular weight excluding hydrogens is 300 g/mol. The van der Waals surface area contributed by atoms with Crippen molar-refractivity contribution >= 4 is 23.2 Å². The van der Waals surface area contributed by atoms with Crippen molar-refractivity contribution in [3.63, 3.8) is 0 Å². The molecule has 1 N–H and O–H groups in total. The van der Waals surface area contributed by atoms with Gasteiger partial charge in [-0.25, -0.2) is 5.43 Å². The van der Waals surface area contributed by atoms with Crippen molar-refractivity contribution in [3.8, 4) is 5.75 Å². The Kier molecular flexibility index (Phi) is 5.98. The third-order valence-electron chi connectivity index (χ3n) is 2.92. The number of halogens is 1. The lowest BCUT2D eigenvalue weighted by Gasteiger charge is -2.07. The van der Waals surface area contributed by atoms with Gasteiger partial charge in [0.05, 0.1) is 5.71 Å². The van der Waals surface area contributed by atoms with Crippen LogP contribution in [0.25, 0.3) is 0 Å². The Balaban J connectivity index is 1.92. The van der Waals surface area contributed by atoms with Crippen LogP contribution in [0.1, 0.15) is 18.9 Å². The van der Waals surface area contributed by atoms with Crippen LogP contribution in [0.3, 0.4) is 0 Å². The highest BCUT2D eigenvalue weighted by Gasteiger charge is 2.05. The summed E-state index contributed by atoms with van der Waals surface area (Å²) in [4.78, 5) is 11.8. The van der Waals surface area contributed by atoms with Crippen LogP contribution in [0, 0.1) is 0 Å². The van der Waals surface area contributed by atoms with E-state index < -0.39 is 0 Å². The summed E-state index contributed by atoms with van der Waals surface area (Å²) >= 11 is 5.96. The summed E-state index contributed by atoms with van der Waals surface area (Å²) in [5.41, 5.74) is 4.15. The molecule has 0 heterocycles. The van der Waals surface area contributed by atoms with Gasteiger partial charge in [-0.2, -0.15) is 5.10 Å². The highest BCUT2D eigenvalue weighted by atomic mass is 35.5. The molecule has 0 radical (unpaired) electrons. The maximum atomic E-state index is 11.8. The first kappa shape index (κ1) is 16.0. The van der Waals surface area contributed by atoms with Gasteiger partial charge in [-0.3, -0.25) is 4.79 Å². The highest BCUT2D eigenvalue weighted by molar-refractivity contribution is 6.31. The van der Waals surface area contributed by atoms with Gasteiger partial charge in [-0.05, 0) is 36.2 Å². The predicted molar refractivity (Wildman–Crippen MR) is 88.4 cm³/mol. The zero-order valence-corrected chi connectivity index (χ0v) is 13.0. The van der Waals surface area contributed by atoms with Crippen LogP contribution in [-0.2, 0) is 4.79 Å². The van der Waals surface area contributed by atoms with E-state index in [-0.39, 0.29) is 12.5 Å². The first-order chi connectivity index (χ1) is 10.7. The molecule has 4 nitrogen and oxygen atoms in total. The lowest BCUT2D eigenvalue weighted by Crippen LogP contribution is -2.26. The monoisotopic (exact) mass is 316 g/mol. The zero-order valence-electron chi connectivity index (χ0n) is 12.3. The molecule has 0 saturated carbocycles. The predicted octanol–water partition coefficient (Wildman–Crippen LogP) is 3.65. The van der Waals surface area contributed by atoms with Gasteiger partial charge >= 0.3 is 0 Å². The molecular formula is C17H17ClN2O2. The third kappa shape index (κ3) is 4.90. The van der Waals surface area contributed by atoms with E-state index in [9.17, 15) is 4.79 Å². The van der Waals surface area contributed by atoms with E-state index in [1.54, 1.807) is 18.2 Å². The van der Waals surface area contributed by atoms with Crippen LogP contribution in [0.2, 0.25) is 5.02 Å². The highest BCUT2D eigenvalue weighted by Crippen LogP contribution is 2.12. The minimum atomic E-state index is -0.308. The normalized spacial score (nSPS) is 11.1. The molecule has 0 fully saturated rings. The van der Waals surface area contributed by atoms with Crippen molar-refractivity contribution in [1.29, 1.82) is 0 Å². The molecule has 0 atom stereocenters. The molecule has 1 amide bonds. The van der Waals surface area contributed by atoms with Crippen molar-refractivity contribution < 1.29 is 9.53 Å². The van der Waals surface area contributed by atoms with Crippen molar-refractivity contribution in [2.24, 2.45) is 5.10 Å². The maximum Gasteiger partial charge on any atom is 0.277 e. The number of ether oxygens (including phenoxy) is 1. The Labute approximate surface area is 134 Å². The number of rotatable bonds is 6. The Morgan fingerprint density at radius 3 is 2.64 bits per heavy atom. The summed E-state index contributed by atoms with van der Waals surface area (Å²) < 4.78 is 5.36.